The van der Waals surface area contributed by atoms with Gasteiger partial charge in [0.05, 0.1) is 27.8 Å². The second-order valence-electron chi connectivity index (χ2n) is 5.71. The van der Waals surface area contributed by atoms with Crippen LogP contribution in [-0.4, -0.2) is 19.2 Å². The zero-order valence-corrected chi connectivity index (χ0v) is 15.4. The molecule has 27 heavy (non-hydrogen) atoms. The number of imidazole rings is 1. The molecule has 1 atom stereocenters. The molecule has 0 aliphatic carbocycles. The highest BCUT2D eigenvalue weighted by molar-refractivity contribution is 7.84. The van der Waals surface area contributed by atoms with Crippen LogP contribution in [0.25, 0.3) is 11.0 Å². The number of nitrogens with zero attached hydrogens (tertiary/aromatic N) is 2. The molecule has 0 saturated heterocycles. The molecule has 4 aromatic rings. The summed E-state index contributed by atoms with van der Waals surface area (Å²) in [5.74, 6) is -0.673. The van der Waals surface area contributed by atoms with Gasteiger partial charge in [-0.15, -0.1) is 11.3 Å². The molecule has 0 amide bonds. The van der Waals surface area contributed by atoms with Crippen LogP contribution in [0.5, 0.6) is 5.75 Å². The number of pyridine rings is 1. The molecule has 3 aromatic heterocycles. The second-order valence-corrected chi connectivity index (χ2v) is 7.82. The summed E-state index contributed by atoms with van der Waals surface area (Å²) in [5, 5.41) is 4.19. The summed E-state index contributed by atoms with van der Waals surface area (Å²) in [6.45, 7) is -0.0487. The number of thiophene rings is 1. The van der Waals surface area contributed by atoms with Crippen LogP contribution in [0.15, 0.2) is 52.4 Å². The lowest BCUT2D eigenvalue weighted by Gasteiger charge is -2.08. The van der Waals surface area contributed by atoms with Crippen LogP contribution < -0.4 is 4.74 Å². The number of rotatable bonds is 6. The zero-order valence-electron chi connectivity index (χ0n) is 13.8. The van der Waals surface area contributed by atoms with Gasteiger partial charge in [-0.2, -0.15) is 0 Å². The smallest absolute Gasteiger partial charge is 0.197 e. The first-order valence-electron chi connectivity index (χ1n) is 7.90. The molecule has 5 nitrogen and oxygen atoms in total. The van der Waals surface area contributed by atoms with Crippen LogP contribution >= 0.6 is 11.3 Å². The number of fused-ring (bicyclic) bond motifs is 1. The average molecular weight is 405 g/mol. The summed E-state index contributed by atoms with van der Waals surface area (Å²) in [6, 6.07) is 6.59. The van der Waals surface area contributed by atoms with Gasteiger partial charge in [-0.3, -0.25) is 9.19 Å². The van der Waals surface area contributed by atoms with Gasteiger partial charge in [0.15, 0.2) is 5.16 Å². The van der Waals surface area contributed by atoms with E-state index in [4.69, 9.17) is 4.74 Å². The number of aromatic nitrogens is 3. The van der Waals surface area contributed by atoms with Crippen molar-refractivity contribution in [3.8, 4) is 5.75 Å². The highest BCUT2D eigenvalue weighted by atomic mass is 32.2. The standard InChI is InChI=1S/C18H13F2N3O2S2/c19-12-2-1-11(15(20)5-12)7-25-14-3-4-21-13(6-14)10-27(24)18-22-16-8-26-9-17(16)23-18/h1-6,8-9H,7,10H2,(H,22,23). The highest BCUT2D eigenvalue weighted by Crippen LogP contribution is 2.20. The summed E-state index contributed by atoms with van der Waals surface area (Å²) in [6.07, 6.45) is 1.53. The number of nitrogens with one attached hydrogen (secondary N) is 1. The van der Waals surface area contributed by atoms with Gasteiger partial charge < -0.3 is 9.72 Å². The van der Waals surface area contributed by atoms with E-state index in [1.807, 2.05) is 10.8 Å². The van der Waals surface area contributed by atoms with Gasteiger partial charge in [0.2, 0.25) is 0 Å². The number of halogens is 2. The Morgan fingerprint density at radius 2 is 2.07 bits per heavy atom. The van der Waals surface area contributed by atoms with E-state index in [2.05, 4.69) is 15.0 Å². The number of benzene rings is 1. The Morgan fingerprint density at radius 3 is 2.89 bits per heavy atom. The molecule has 0 bridgehead atoms. The molecule has 9 heteroatoms. The fourth-order valence-electron chi connectivity index (χ4n) is 2.46. The lowest BCUT2D eigenvalue weighted by molar-refractivity contribution is 0.299. The quantitative estimate of drug-likeness (QED) is 0.522. The molecule has 0 spiro atoms. The Morgan fingerprint density at radius 1 is 1.19 bits per heavy atom. The van der Waals surface area contributed by atoms with E-state index in [-0.39, 0.29) is 17.9 Å². The van der Waals surface area contributed by atoms with Crippen molar-refractivity contribution >= 4 is 33.2 Å². The maximum absolute atomic E-state index is 13.7. The zero-order chi connectivity index (χ0) is 18.8. The molecule has 3 heterocycles. The molecule has 1 unspecified atom stereocenters. The van der Waals surface area contributed by atoms with Gasteiger partial charge in [-0.1, -0.05) is 0 Å². The lowest BCUT2D eigenvalue weighted by Crippen LogP contribution is -2.03. The lowest BCUT2D eigenvalue weighted by atomic mass is 10.2. The molecule has 1 N–H and O–H groups in total. The fraction of sp³-hybridized carbons (Fsp3) is 0.111. The predicted molar refractivity (Wildman–Crippen MR) is 99.0 cm³/mol. The average Bonchev–Trinajstić information content (AvgIpc) is 3.23. The van der Waals surface area contributed by atoms with E-state index in [1.165, 1.54) is 29.7 Å². The Hall–Kier alpha value is -2.65. The van der Waals surface area contributed by atoms with Gasteiger partial charge >= 0.3 is 0 Å². The fourth-order valence-corrected chi connectivity index (χ4v) is 4.14. The minimum absolute atomic E-state index is 0.0487. The number of ether oxygens (including phenoxy) is 1. The van der Waals surface area contributed by atoms with E-state index >= 15 is 0 Å². The number of aromatic amines is 1. The van der Waals surface area contributed by atoms with Crippen molar-refractivity contribution in [1.82, 2.24) is 15.0 Å². The normalized spacial score (nSPS) is 12.4. The van der Waals surface area contributed by atoms with Crippen molar-refractivity contribution < 1.29 is 17.7 Å². The Kier molecular flexibility index (Phi) is 4.95. The van der Waals surface area contributed by atoms with Gasteiger partial charge in [0.25, 0.3) is 0 Å². The molecular formula is C18H13F2N3O2S2. The first-order chi connectivity index (χ1) is 13.1. The maximum atomic E-state index is 13.7. The topological polar surface area (TPSA) is 67.9 Å². The van der Waals surface area contributed by atoms with Crippen LogP contribution in [0.3, 0.4) is 0 Å². The van der Waals surface area contributed by atoms with Crippen molar-refractivity contribution in [2.24, 2.45) is 0 Å². The number of H-pyrrole nitrogens is 1. The van der Waals surface area contributed by atoms with Crippen LogP contribution in [0.4, 0.5) is 8.78 Å². The Labute approximate surface area is 159 Å². The number of hydrogen-bond donors (Lipinski definition) is 1. The second kappa shape index (κ2) is 7.53. The Balaban J connectivity index is 1.44. The van der Waals surface area contributed by atoms with E-state index in [0.29, 0.717) is 16.6 Å². The molecule has 0 radical (unpaired) electrons. The summed E-state index contributed by atoms with van der Waals surface area (Å²) >= 11 is 1.52. The highest BCUT2D eigenvalue weighted by Gasteiger charge is 2.13. The predicted octanol–water partition coefficient (Wildman–Crippen LogP) is 4.18. The molecule has 1 aromatic carbocycles. The summed E-state index contributed by atoms with van der Waals surface area (Å²) in [7, 11) is -1.38. The molecule has 0 fully saturated rings. The van der Waals surface area contributed by atoms with Gasteiger partial charge in [0, 0.05) is 34.7 Å². The molecule has 138 valence electrons. The molecule has 0 aliphatic heterocycles. The van der Waals surface area contributed by atoms with Gasteiger partial charge in [-0.05, 0) is 18.2 Å². The summed E-state index contributed by atoms with van der Waals surface area (Å²) in [4.78, 5) is 11.5. The van der Waals surface area contributed by atoms with Crippen molar-refractivity contribution in [2.75, 3.05) is 0 Å². The first-order valence-corrected chi connectivity index (χ1v) is 10.2. The van der Waals surface area contributed by atoms with Gasteiger partial charge in [-0.25, -0.2) is 13.8 Å². The third kappa shape index (κ3) is 4.04. The van der Waals surface area contributed by atoms with Crippen LogP contribution in [-0.2, 0) is 23.2 Å². The van der Waals surface area contributed by atoms with Crippen molar-refractivity contribution in [1.29, 1.82) is 0 Å². The summed E-state index contributed by atoms with van der Waals surface area (Å²) < 4.78 is 44.7. The molecule has 4 rings (SSSR count). The van der Waals surface area contributed by atoms with E-state index in [0.717, 1.165) is 17.1 Å². The van der Waals surface area contributed by atoms with Crippen LogP contribution in [0.1, 0.15) is 11.3 Å². The minimum Gasteiger partial charge on any atom is -0.489 e. The van der Waals surface area contributed by atoms with Crippen molar-refractivity contribution in [3.05, 3.63) is 70.2 Å². The first kappa shape index (κ1) is 17.7. The largest absolute Gasteiger partial charge is 0.489 e. The molecular weight excluding hydrogens is 392 g/mol. The monoisotopic (exact) mass is 405 g/mol. The van der Waals surface area contributed by atoms with Crippen LogP contribution in [0, 0.1) is 11.6 Å². The molecule has 0 saturated carbocycles. The Bertz CT molecular complexity index is 1100. The van der Waals surface area contributed by atoms with E-state index in [1.54, 1.807) is 12.1 Å². The maximum Gasteiger partial charge on any atom is 0.197 e. The van der Waals surface area contributed by atoms with Crippen LogP contribution in [0.2, 0.25) is 0 Å². The third-order valence-corrected chi connectivity index (χ3v) is 5.71. The van der Waals surface area contributed by atoms with E-state index in [9.17, 15) is 13.0 Å². The molecule has 0 aliphatic rings. The summed E-state index contributed by atoms with van der Waals surface area (Å²) in [5.41, 5.74) is 2.45. The van der Waals surface area contributed by atoms with Crippen molar-refractivity contribution in [3.63, 3.8) is 0 Å². The van der Waals surface area contributed by atoms with Crippen molar-refractivity contribution in [2.45, 2.75) is 17.5 Å². The third-order valence-electron chi connectivity index (χ3n) is 3.80. The van der Waals surface area contributed by atoms with Gasteiger partial charge in [0.1, 0.15) is 29.5 Å². The van der Waals surface area contributed by atoms with E-state index < -0.39 is 22.4 Å². The number of hydrogen-bond acceptors (Lipinski definition) is 5. The minimum atomic E-state index is -1.38. The SMILES string of the molecule is O=S(Cc1cc(OCc2ccc(F)cc2F)ccn1)c1nc2cscc2[nH]1.